The largest absolute Gasteiger partial charge is 0.399 e. The second-order valence-corrected chi connectivity index (χ2v) is 4.72. The Bertz CT molecular complexity index is 419. The number of carbonyl (C=O) groups is 1. The third-order valence-electron chi connectivity index (χ3n) is 3.30. The Morgan fingerprint density at radius 2 is 2.17 bits per heavy atom. The highest BCUT2D eigenvalue weighted by Crippen LogP contribution is 2.15. The summed E-state index contributed by atoms with van der Waals surface area (Å²) in [5, 5.41) is 12.3. The number of amides is 1. The number of nitrogens with two attached hydrogens (primary N) is 1. The van der Waals surface area contributed by atoms with Gasteiger partial charge in [0.2, 0.25) is 5.91 Å². The molecule has 0 radical (unpaired) electrons. The number of nitrogens with zero attached hydrogens (tertiary/aromatic N) is 1. The summed E-state index contributed by atoms with van der Waals surface area (Å²) >= 11 is 0. The average Bonchev–Trinajstić information content (AvgIpc) is 2.78. The van der Waals surface area contributed by atoms with Crippen molar-refractivity contribution < 1.29 is 9.90 Å². The molecule has 18 heavy (non-hydrogen) atoms. The summed E-state index contributed by atoms with van der Waals surface area (Å²) in [5.74, 6) is -0.0612. The molecule has 2 unspecified atom stereocenters. The van der Waals surface area contributed by atoms with E-state index in [1.807, 2.05) is 11.8 Å². The SMILES string of the molecule is CC(C(=O)Nc1ccc(N)cc1)N1CCC(O)C1. The second-order valence-electron chi connectivity index (χ2n) is 4.72. The molecule has 1 amide bonds. The molecule has 1 heterocycles. The highest BCUT2D eigenvalue weighted by Gasteiger charge is 2.28. The highest BCUT2D eigenvalue weighted by atomic mass is 16.3. The third-order valence-corrected chi connectivity index (χ3v) is 3.30. The maximum atomic E-state index is 12.0. The normalized spacial score (nSPS) is 21.8. The first kappa shape index (κ1) is 12.9. The van der Waals surface area contributed by atoms with Gasteiger partial charge in [-0.15, -0.1) is 0 Å². The van der Waals surface area contributed by atoms with Crippen molar-refractivity contribution in [3.05, 3.63) is 24.3 Å². The molecule has 4 N–H and O–H groups in total. The van der Waals surface area contributed by atoms with Gasteiger partial charge < -0.3 is 16.2 Å². The van der Waals surface area contributed by atoms with Crippen LogP contribution in [0.5, 0.6) is 0 Å². The second kappa shape index (κ2) is 5.37. The zero-order valence-electron chi connectivity index (χ0n) is 10.5. The van der Waals surface area contributed by atoms with Gasteiger partial charge in [0.25, 0.3) is 0 Å². The van der Waals surface area contributed by atoms with E-state index in [0.29, 0.717) is 12.2 Å². The van der Waals surface area contributed by atoms with Crippen molar-refractivity contribution in [3.63, 3.8) is 0 Å². The predicted octanol–water partition coefficient (Wildman–Crippen LogP) is 0.662. The van der Waals surface area contributed by atoms with E-state index < -0.39 is 0 Å². The molecule has 1 aliphatic rings. The van der Waals surface area contributed by atoms with Crippen molar-refractivity contribution in [2.75, 3.05) is 24.1 Å². The molecular formula is C13H19N3O2. The fourth-order valence-electron chi connectivity index (χ4n) is 2.10. The van der Waals surface area contributed by atoms with Crippen molar-refractivity contribution in [2.24, 2.45) is 0 Å². The minimum Gasteiger partial charge on any atom is -0.399 e. The molecule has 0 saturated carbocycles. The zero-order valence-corrected chi connectivity index (χ0v) is 10.5. The molecule has 5 heteroatoms. The van der Waals surface area contributed by atoms with Gasteiger partial charge in [0, 0.05) is 24.5 Å². The van der Waals surface area contributed by atoms with Crippen LogP contribution in [0, 0.1) is 0 Å². The van der Waals surface area contributed by atoms with E-state index in [-0.39, 0.29) is 18.1 Å². The lowest BCUT2D eigenvalue weighted by atomic mass is 10.2. The Labute approximate surface area is 107 Å². The van der Waals surface area contributed by atoms with Gasteiger partial charge in [-0.3, -0.25) is 9.69 Å². The minimum absolute atomic E-state index is 0.0612. The van der Waals surface area contributed by atoms with E-state index in [9.17, 15) is 9.90 Å². The van der Waals surface area contributed by atoms with Crippen molar-refractivity contribution >= 4 is 17.3 Å². The monoisotopic (exact) mass is 249 g/mol. The first-order chi connectivity index (χ1) is 8.56. The predicted molar refractivity (Wildman–Crippen MR) is 71.1 cm³/mol. The van der Waals surface area contributed by atoms with Gasteiger partial charge in [0.05, 0.1) is 12.1 Å². The molecule has 1 aromatic carbocycles. The van der Waals surface area contributed by atoms with Gasteiger partial charge in [-0.2, -0.15) is 0 Å². The molecule has 1 saturated heterocycles. The van der Waals surface area contributed by atoms with Crippen LogP contribution < -0.4 is 11.1 Å². The van der Waals surface area contributed by atoms with Gasteiger partial charge in [-0.1, -0.05) is 0 Å². The van der Waals surface area contributed by atoms with E-state index in [4.69, 9.17) is 5.73 Å². The fourth-order valence-corrected chi connectivity index (χ4v) is 2.10. The Kier molecular flexibility index (Phi) is 3.84. The number of β-amino-alcohol motifs (C(OH)–C–C–N with tert-alkyl or cyclic N) is 1. The van der Waals surface area contributed by atoms with Gasteiger partial charge >= 0.3 is 0 Å². The first-order valence-electron chi connectivity index (χ1n) is 6.15. The molecule has 1 fully saturated rings. The van der Waals surface area contributed by atoms with Crippen LogP contribution in [0.25, 0.3) is 0 Å². The van der Waals surface area contributed by atoms with Crippen molar-refractivity contribution in [1.82, 2.24) is 4.90 Å². The molecule has 5 nitrogen and oxygen atoms in total. The third kappa shape index (κ3) is 3.00. The molecule has 1 aromatic rings. The van der Waals surface area contributed by atoms with E-state index in [1.165, 1.54) is 0 Å². The van der Waals surface area contributed by atoms with Gasteiger partial charge in [-0.25, -0.2) is 0 Å². The van der Waals surface area contributed by atoms with Crippen LogP contribution in [-0.2, 0) is 4.79 Å². The summed E-state index contributed by atoms with van der Waals surface area (Å²) < 4.78 is 0. The zero-order chi connectivity index (χ0) is 13.1. The lowest BCUT2D eigenvalue weighted by Gasteiger charge is -2.22. The molecule has 98 valence electrons. The van der Waals surface area contributed by atoms with E-state index in [1.54, 1.807) is 24.3 Å². The maximum absolute atomic E-state index is 12.0. The molecule has 2 rings (SSSR count). The van der Waals surface area contributed by atoms with Gasteiger partial charge in [-0.05, 0) is 37.6 Å². The number of nitrogen functional groups attached to an aromatic ring is 1. The summed E-state index contributed by atoms with van der Waals surface area (Å²) in [4.78, 5) is 14.0. The van der Waals surface area contributed by atoms with E-state index in [0.717, 1.165) is 18.7 Å². The smallest absolute Gasteiger partial charge is 0.241 e. The van der Waals surface area contributed by atoms with Crippen LogP contribution in [-0.4, -0.2) is 41.1 Å². The van der Waals surface area contributed by atoms with Crippen LogP contribution >= 0.6 is 0 Å². The molecule has 0 aromatic heterocycles. The number of hydrogen-bond acceptors (Lipinski definition) is 4. The number of aliphatic hydroxyl groups is 1. The van der Waals surface area contributed by atoms with Crippen LogP contribution in [0.1, 0.15) is 13.3 Å². The Hall–Kier alpha value is -1.59. The summed E-state index contributed by atoms with van der Waals surface area (Å²) in [6.45, 7) is 3.18. The van der Waals surface area contributed by atoms with E-state index in [2.05, 4.69) is 5.32 Å². The number of rotatable bonds is 3. The topological polar surface area (TPSA) is 78.6 Å². The fraction of sp³-hybridized carbons (Fsp3) is 0.462. The number of aliphatic hydroxyl groups excluding tert-OH is 1. The maximum Gasteiger partial charge on any atom is 0.241 e. The van der Waals surface area contributed by atoms with Crippen LogP contribution in [0.15, 0.2) is 24.3 Å². The minimum atomic E-state index is -0.309. The van der Waals surface area contributed by atoms with Crippen molar-refractivity contribution in [3.8, 4) is 0 Å². The van der Waals surface area contributed by atoms with Crippen molar-refractivity contribution in [2.45, 2.75) is 25.5 Å². The molecule has 0 spiro atoms. The lowest BCUT2D eigenvalue weighted by Crippen LogP contribution is -2.41. The molecular weight excluding hydrogens is 230 g/mol. The summed E-state index contributed by atoms with van der Waals surface area (Å²) in [6, 6.07) is 6.82. The Morgan fingerprint density at radius 3 is 2.72 bits per heavy atom. The number of anilines is 2. The summed E-state index contributed by atoms with van der Waals surface area (Å²) in [7, 11) is 0. The standard InChI is InChI=1S/C13H19N3O2/c1-9(16-7-6-12(17)8-16)13(18)15-11-4-2-10(14)3-5-11/h2-5,9,12,17H,6-8,14H2,1H3,(H,15,18). The number of benzene rings is 1. The molecule has 0 aliphatic carbocycles. The molecule has 0 bridgehead atoms. The lowest BCUT2D eigenvalue weighted by molar-refractivity contribution is -0.120. The summed E-state index contributed by atoms with van der Waals surface area (Å²) in [6.07, 6.45) is 0.427. The number of hydrogen-bond donors (Lipinski definition) is 3. The number of carbonyl (C=O) groups excluding carboxylic acids is 1. The Morgan fingerprint density at radius 1 is 1.50 bits per heavy atom. The van der Waals surface area contributed by atoms with Gasteiger partial charge in [0.1, 0.15) is 0 Å². The van der Waals surface area contributed by atoms with E-state index >= 15 is 0 Å². The molecule has 2 atom stereocenters. The average molecular weight is 249 g/mol. The van der Waals surface area contributed by atoms with Crippen molar-refractivity contribution in [1.29, 1.82) is 0 Å². The van der Waals surface area contributed by atoms with Crippen LogP contribution in [0.4, 0.5) is 11.4 Å². The quantitative estimate of drug-likeness (QED) is 0.688. The number of nitrogens with one attached hydrogen (secondary N) is 1. The molecule has 1 aliphatic heterocycles. The van der Waals surface area contributed by atoms with Gasteiger partial charge in [0.15, 0.2) is 0 Å². The Balaban J connectivity index is 1.93. The van der Waals surface area contributed by atoms with Crippen LogP contribution in [0.3, 0.4) is 0 Å². The van der Waals surface area contributed by atoms with Crippen LogP contribution in [0.2, 0.25) is 0 Å². The number of likely N-dealkylation sites (tertiary alicyclic amines) is 1. The highest BCUT2D eigenvalue weighted by molar-refractivity contribution is 5.94. The summed E-state index contributed by atoms with van der Waals surface area (Å²) in [5.41, 5.74) is 6.99. The first-order valence-corrected chi connectivity index (χ1v) is 6.15.